The first-order valence-corrected chi connectivity index (χ1v) is 8.08. The highest BCUT2D eigenvalue weighted by Gasteiger charge is 2.09. The molecule has 6 nitrogen and oxygen atoms in total. The Labute approximate surface area is 142 Å². The summed E-state index contributed by atoms with van der Waals surface area (Å²) >= 11 is 0. The molecular weight excluding hydrogens is 306 g/mol. The van der Waals surface area contributed by atoms with E-state index in [4.69, 9.17) is 4.74 Å². The summed E-state index contributed by atoms with van der Waals surface area (Å²) in [6.45, 7) is 6.56. The van der Waals surface area contributed by atoms with Crippen LogP contribution < -0.4 is 10.1 Å². The molecule has 2 rings (SSSR count). The molecule has 0 bridgehead atoms. The van der Waals surface area contributed by atoms with Crippen molar-refractivity contribution in [2.45, 2.75) is 33.4 Å². The Morgan fingerprint density at radius 3 is 2.67 bits per heavy atom. The second kappa shape index (κ2) is 9.08. The van der Waals surface area contributed by atoms with Crippen molar-refractivity contribution in [3.05, 3.63) is 47.3 Å². The lowest BCUT2D eigenvalue weighted by Crippen LogP contribution is -2.17. The Balaban J connectivity index is 1.79. The van der Waals surface area contributed by atoms with Gasteiger partial charge in [0.15, 0.2) is 6.61 Å². The normalized spacial score (nSPS) is 10.6. The maximum absolute atomic E-state index is 11.2. The highest BCUT2D eigenvalue weighted by molar-refractivity contribution is 5.71. The van der Waals surface area contributed by atoms with Crippen LogP contribution in [-0.4, -0.2) is 36.0 Å². The van der Waals surface area contributed by atoms with Gasteiger partial charge in [-0.25, -0.2) is 4.79 Å². The molecule has 6 heteroatoms. The van der Waals surface area contributed by atoms with Crippen LogP contribution in [0.4, 0.5) is 0 Å². The molecule has 0 aliphatic carbocycles. The highest BCUT2D eigenvalue weighted by Crippen LogP contribution is 2.24. The first-order chi connectivity index (χ1) is 11.6. The van der Waals surface area contributed by atoms with E-state index < -0.39 is 0 Å². The fraction of sp³-hybridized carbons (Fsp3) is 0.444. The number of nitrogens with one attached hydrogen (secondary N) is 1. The van der Waals surface area contributed by atoms with E-state index in [1.165, 1.54) is 12.7 Å². The highest BCUT2D eigenvalue weighted by atomic mass is 16.6. The number of methoxy groups -OCH3 is 1. The third-order valence-electron chi connectivity index (χ3n) is 3.71. The topological polar surface area (TPSA) is 65.4 Å². The monoisotopic (exact) mass is 331 g/mol. The SMILES string of the molecule is COC(=O)COc1c(C)cc(CNCCCn2cccn2)cc1C. The van der Waals surface area contributed by atoms with Crippen LogP contribution in [0.15, 0.2) is 30.6 Å². The Hall–Kier alpha value is -2.34. The Morgan fingerprint density at radius 1 is 1.29 bits per heavy atom. The van der Waals surface area contributed by atoms with Crippen LogP contribution >= 0.6 is 0 Å². The maximum atomic E-state index is 11.2. The molecule has 1 N–H and O–H groups in total. The van der Waals surface area contributed by atoms with Crippen LogP contribution in [0, 0.1) is 13.8 Å². The van der Waals surface area contributed by atoms with Crippen LogP contribution in [0.2, 0.25) is 0 Å². The molecule has 1 aromatic heterocycles. The van der Waals surface area contributed by atoms with Gasteiger partial charge in [-0.3, -0.25) is 4.68 Å². The maximum Gasteiger partial charge on any atom is 0.343 e. The summed E-state index contributed by atoms with van der Waals surface area (Å²) in [6, 6.07) is 6.10. The number of esters is 1. The number of aryl methyl sites for hydroxylation is 3. The van der Waals surface area contributed by atoms with Crippen LogP contribution in [0.25, 0.3) is 0 Å². The van der Waals surface area contributed by atoms with Gasteiger partial charge in [0.25, 0.3) is 0 Å². The molecular formula is C18H25N3O3. The van der Waals surface area contributed by atoms with Crippen LogP contribution in [0.1, 0.15) is 23.1 Å². The van der Waals surface area contributed by atoms with Gasteiger partial charge in [-0.05, 0) is 49.6 Å². The number of rotatable bonds is 9. The predicted octanol–water partition coefficient (Wildman–Crippen LogP) is 2.23. The van der Waals surface area contributed by atoms with Gasteiger partial charge in [-0.15, -0.1) is 0 Å². The molecule has 24 heavy (non-hydrogen) atoms. The number of carbonyl (C=O) groups is 1. The van der Waals surface area contributed by atoms with E-state index >= 15 is 0 Å². The van der Waals surface area contributed by atoms with Crippen LogP contribution in [0.5, 0.6) is 5.75 Å². The number of aromatic nitrogens is 2. The number of ether oxygens (including phenoxy) is 2. The van der Waals surface area contributed by atoms with E-state index in [0.29, 0.717) is 0 Å². The van der Waals surface area contributed by atoms with Crippen molar-refractivity contribution in [1.29, 1.82) is 0 Å². The summed E-state index contributed by atoms with van der Waals surface area (Å²) in [6.07, 6.45) is 4.79. The van der Waals surface area contributed by atoms with Crippen molar-refractivity contribution in [3.63, 3.8) is 0 Å². The molecule has 0 spiro atoms. The minimum atomic E-state index is -0.378. The lowest BCUT2D eigenvalue weighted by Gasteiger charge is -2.14. The molecule has 0 amide bonds. The molecule has 0 atom stereocenters. The summed E-state index contributed by atoms with van der Waals surface area (Å²) in [5, 5.41) is 7.62. The summed E-state index contributed by atoms with van der Waals surface area (Å²) < 4.78 is 12.1. The Morgan fingerprint density at radius 2 is 2.04 bits per heavy atom. The molecule has 0 aliphatic heterocycles. The summed E-state index contributed by atoms with van der Waals surface area (Å²) in [7, 11) is 1.35. The van der Waals surface area contributed by atoms with Gasteiger partial charge in [0.2, 0.25) is 0 Å². The predicted molar refractivity (Wildman–Crippen MR) is 92.0 cm³/mol. The minimum absolute atomic E-state index is 0.0663. The molecule has 0 unspecified atom stereocenters. The quantitative estimate of drug-likeness (QED) is 0.564. The van der Waals surface area contributed by atoms with Crippen molar-refractivity contribution < 1.29 is 14.3 Å². The average molecular weight is 331 g/mol. The second-order valence-electron chi connectivity index (χ2n) is 5.72. The molecule has 0 fully saturated rings. The molecule has 130 valence electrons. The smallest absolute Gasteiger partial charge is 0.343 e. The zero-order chi connectivity index (χ0) is 17.4. The number of nitrogens with zero attached hydrogens (tertiary/aromatic N) is 2. The number of hydrogen-bond donors (Lipinski definition) is 1. The number of carbonyl (C=O) groups excluding carboxylic acids is 1. The fourth-order valence-electron chi connectivity index (χ4n) is 2.59. The summed E-state index contributed by atoms with van der Waals surface area (Å²) in [4.78, 5) is 11.2. The van der Waals surface area contributed by atoms with E-state index in [0.717, 1.165) is 42.9 Å². The molecule has 0 aliphatic rings. The molecule has 2 aromatic rings. The van der Waals surface area contributed by atoms with Gasteiger partial charge in [0.05, 0.1) is 7.11 Å². The van der Waals surface area contributed by atoms with E-state index in [-0.39, 0.29) is 12.6 Å². The zero-order valence-corrected chi connectivity index (χ0v) is 14.5. The standard InChI is InChI=1S/C18H25N3O3/c1-14-10-16(11-15(2)18(14)24-13-17(22)23-3)12-19-6-4-8-21-9-5-7-20-21/h5,7,9-11,19H,4,6,8,12-13H2,1-3H3. The van der Waals surface area contributed by atoms with E-state index in [2.05, 4.69) is 27.3 Å². The minimum Gasteiger partial charge on any atom is -0.481 e. The average Bonchev–Trinajstić information content (AvgIpc) is 3.06. The van der Waals surface area contributed by atoms with Crippen molar-refractivity contribution >= 4 is 5.97 Å². The number of hydrogen-bond acceptors (Lipinski definition) is 5. The first-order valence-electron chi connectivity index (χ1n) is 8.08. The molecule has 0 radical (unpaired) electrons. The first kappa shape index (κ1) is 18.0. The molecule has 1 aromatic carbocycles. The van der Waals surface area contributed by atoms with Crippen molar-refractivity contribution in [1.82, 2.24) is 15.1 Å². The van der Waals surface area contributed by atoms with E-state index in [1.807, 2.05) is 30.8 Å². The Kier molecular flexibility index (Phi) is 6.81. The van der Waals surface area contributed by atoms with E-state index in [9.17, 15) is 4.79 Å². The molecule has 0 saturated heterocycles. The second-order valence-corrected chi connectivity index (χ2v) is 5.72. The molecule has 0 saturated carbocycles. The Bertz CT molecular complexity index is 631. The lowest BCUT2D eigenvalue weighted by molar-refractivity contribution is -0.142. The lowest BCUT2D eigenvalue weighted by atomic mass is 10.1. The third-order valence-corrected chi connectivity index (χ3v) is 3.71. The van der Waals surface area contributed by atoms with Gasteiger partial charge < -0.3 is 14.8 Å². The van der Waals surface area contributed by atoms with Crippen molar-refractivity contribution in [2.75, 3.05) is 20.3 Å². The number of benzene rings is 1. The zero-order valence-electron chi connectivity index (χ0n) is 14.5. The molecule has 1 heterocycles. The van der Waals surface area contributed by atoms with Gasteiger partial charge in [-0.2, -0.15) is 5.10 Å². The van der Waals surface area contributed by atoms with Crippen molar-refractivity contribution in [2.24, 2.45) is 0 Å². The van der Waals surface area contributed by atoms with Gasteiger partial charge in [0.1, 0.15) is 5.75 Å². The summed E-state index contributed by atoms with van der Waals surface area (Å²) in [5.74, 6) is 0.375. The van der Waals surface area contributed by atoms with Crippen LogP contribution in [-0.2, 0) is 22.6 Å². The third kappa shape index (κ3) is 5.38. The van der Waals surface area contributed by atoms with Gasteiger partial charge in [0, 0.05) is 25.5 Å². The van der Waals surface area contributed by atoms with Gasteiger partial charge in [-0.1, -0.05) is 12.1 Å². The van der Waals surface area contributed by atoms with Crippen LogP contribution in [0.3, 0.4) is 0 Å². The van der Waals surface area contributed by atoms with E-state index in [1.54, 1.807) is 6.20 Å². The largest absolute Gasteiger partial charge is 0.481 e. The summed E-state index contributed by atoms with van der Waals surface area (Å²) in [5.41, 5.74) is 3.24. The fourth-order valence-corrected chi connectivity index (χ4v) is 2.59. The van der Waals surface area contributed by atoms with Gasteiger partial charge >= 0.3 is 5.97 Å². The van der Waals surface area contributed by atoms with Crippen molar-refractivity contribution in [3.8, 4) is 5.75 Å².